The Labute approximate surface area is 114 Å². The first-order valence-corrected chi connectivity index (χ1v) is 6.62. The molecule has 2 atom stereocenters. The van der Waals surface area contributed by atoms with E-state index < -0.39 is 0 Å². The molecule has 0 radical (unpaired) electrons. The highest BCUT2D eigenvalue weighted by molar-refractivity contribution is 9.10. The normalized spacial score (nSPS) is 14.4. The number of benzene rings is 1. The summed E-state index contributed by atoms with van der Waals surface area (Å²) in [6, 6.07) is 6.21. The van der Waals surface area contributed by atoms with E-state index >= 15 is 0 Å². The van der Waals surface area contributed by atoms with Gasteiger partial charge in [-0.1, -0.05) is 25.1 Å². The first-order valence-electron chi connectivity index (χ1n) is 5.83. The van der Waals surface area contributed by atoms with Gasteiger partial charge in [0, 0.05) is 17.8 Å². The highest BCUT2D eigenvalue weighted by atomic mass is 79.9. The van der Waals surface area contributed by atoms with Crippen LogP contribution in [0.2, 0.25) is 0 Å². The summed E-state index contributed by atoms with van der Waals surface area (Å²) < 4.78 is 16.5. The van der Waals surface area contributed by atoms with Crippen LogP contribution in [0.25, 0.3) is 0 Å². The number of hydrogen-bond donors (Lipinski definition) is 1. The van der Waals surface area contributed by atoms with Gasteiger partial charge < -0.3 is 5.73 Å². The predicted octanol–water partition coefficient (Wildman–Crippen LogP) is 3.11. The Morgan fingerprint density at radius 1 is 1.44 bits per heavy atom. The van der Waals surface area contributed by atoms with Crippen molar-refractivity contribution in [3.8, 4) is 0 Å². The molecular weight excluding hydrogens is 297 g/mol. The largest absolute Gasteiger partial charge is 0.326 e. The van der Waals surface area contributed by atoms with Crippen molar-refractivity contribution in [3.63, 3.8) is 0 Å². The van der Waals surface area contributed by atoms with E-state index in [2.05, 4.69) is 21.0 Å². The Morgan fingerprint density at radius 3 is 2.72 bits per heavy atom. The second-order valence-corrected chi connectivity index (χ2v) is 5.09. The van der Waals surface area contributed by atoms with Gasteiger partial charge in [-0.15, -0.1) is 0 Å². The molecule has 0 amide bonds. The molecule has 0 aliphatic carbocycles. The van der Waals surface area contributed by atoms with Crippen molar-refractivity contribution in [1.29, 1.82) is 0 Å². The molecule has 3 nitrogen and oxygen atoms in total. The lowest BCUT2D eigenvalue weighted by Gasteiger charge is -2.24. The molecule has 2 rings (SSSR count). The van der Waals surface area contributed by atoms with E-state index in [9.17, 15) is 4.39 Å². The maximum Gasteiger partial charge on any atom is 0.128 e. The van der Waals surface area contributed by atoms with Crippen LogP contribution in [0.1, 0.15) is 24.9 Å². The Bertz CT molecular complexity index is 526. The fraction of sp³-hybridized carbons (Fsp3) is 0.308. The highest BCUT2D eigenvalue weighted by Gasteiger charge is 2.23. The molecule has 96 valence electrons. The van der Waals surface area contributed by atoms with E-state index in [1.165, 1.54) is 6.07 Å². The molecule has 0 saturated carbocycles. The van der Waals surface area contributed by atoms with Crippen molar-refractivity contribution < 1.29 is 4.39 Å². The van der Waals surface area contributed by atoms with E-state index in [1.807, 2.05) is 19.2 Å². The molecule has 18 heavy (non-hydrogen) atoms. The number of hydrogen-bond acceptors (Lipinski definition) is 2. The number of aromatic nitrogens is 2. The second kappa shape index (κ2) is 5.63. The fourth-order valence-corrected chi connectivity index (χ4v) is 2.28. The molecule has 1 heterocycles. The summed E-state index contributed by atoms with van der Waals surface area (Å²) in [5, 5.41) is 4.23. The third-order valence-electron chi connectivity index (χ3n) is 2.96. The number of rotatable bonds is 4. The van der Waals surface area contributed by atoms with Crippen molar-refractivity contribution in [2.75, 3.05) is 0 Å². The summed E-state index contributed by atoms with van der Waals surface area (Å²) in [5.41, 5.74) is 6.69. The van der Waals surface area contributed by atoms with Crippen molar-refractivity contribution >= 4 is 15.9 Å². The molecule has 1 aromatic heterocycles. The zero-order valence-corrected chi connectivity index (χ0v) is 11.6. The monoisotopic (exact) mass is 311 g/mol. The van der Waals surface area contributed by atoms with Gasteiger partial charge in [0.05, 0.1) is 16.7 Å². The molecule has 0 aliphatic heterocycles. The van der Waals surface area contributed by atoms with Gasteiger partial charge in [-0.25, -0.2) is 4.39 Å². The van der Waals surface area contributed by atoms with Crippen LogP contribution in [0.3, 0.4) is 0 Å². The van der Waals surface area contributed by atoms with E-state index in [-0.39, 0.29) is 17.9 Å². The molecule has 0 spiro atoms. The quantitative estimate of drug-likeness (QED) is 0.943. The molecular formula is C13H15BrFN3. The molecule has 0 aliphatic rings. The van der Waals surface area contributed by atoms with Gasteiger partial charge in [-0.05, 0) is 28.4 Å². The summed E-state index contributed by atoms with van der Waals surface area (Å²) in [6.07, 6.45) is 4.24. The molecule has 1 aromatic carbocycles. The fourth-order valence-electron chi connectivity index (χ4n) is 1.97. The summed E-state index contributed by atoms with van der Waals surface area (Å²) >= 11 is 3.34. The molecule has 0 saturated heterocycles. The molecule has 2 unspecified atom stereocenters. The van der Waals surface area contributed by atoms with Gasteiger partial charge in [0.15, 0.2) is 0 Å². The van der Waals surface area contributed by atoms with E-state index in [0.717, 1.165) is 10.9 Å². The summed E-state index contributed by atoms with van der Waals surface area (Å²) in [5.74, 6) is -0.252. The summed E-state index contributed by atoms with van der Waals surface area (Å²) in [4.78, 5) is 0. The van der Waals surface area contributed by atoms with Crippen LogP contribution < -0.4 is 5.73 Å². The molecule has 2 aromatic rings. The van der Waals surface area contributed by atoms with Gasteiger partial charge in [0.1, 0.15) is 5.82 Å². The Balaban J connectivity index is 2.47. The molecule has 5 heteroatoms. The van der Waals surface area contributed by atoms with Gasteiger partial charge in [-0.3, -0.25) is 4.68 Å². The predicted molar refractivity (Wildman–Crippen MR) is 72.7 cm³/mol. The smallest absolute Gasteiger partial charge is 0.128 e. The standard InChI is InChI=1S/C13H15BrFN3/c1-2-12(16)13(18-8-9(14)7-17-18)10-5-3-4-6-11(10)15/h3-8,12-13H,2,16H2,1H3. The van der Waals surface area contributed by atoms with Gasteiger partial charge in [0.2, 0.25) is 0 Å². The molecule has 2 N–H and O–H groups in total. The lowest BCUT2D eigenvalue weighted by Crippen LogP contribution is -2.33. The second-order valence-electron chi connectivity index (χ2n) is 4.18. The van der Waals surface area contributed by atoms with Crippen LogP contribution in [0.15, 0.2) is 41.1 Å². The lowest BCUT2D eigenvalue weighted by molar-refractivity contribution is 0.408. The molecule has 0 bridgehead atoms. The zero-order valence-electron chi connectivity index (χ0n) is 10.1. The minimum atomic E-state index is -0.289. The topological polar surface area (TPSA) is 43.8 Å². The minimum absolute atomic E-state index is 0.186. The Morgan fingerprint density at radius 2 is 2.17 bits per heavy atom. The van der Waals surface area contributed by atoms with Crippen LogP contribution in [0.4, 0.5) is 4.39 Å². The third-order valence-corrected chi connectivity index (χ3v) is 3.37. The van der Waals surface area contributed by atoms with E-state index in [0.29, 0.717) is 5.56 Å². The van der Waals surface area contributed by atoms with Crippen molar-refractivity contribution in [3.05, 3.63) is 52.5 Å². The van der Waals surface area contributed by atoms with Gasteiger partial charge in [0.25, 0.3) is 0 Å². The third kappa shape index (κ3) is 2.62. The number of nitrogens with two attached hydrogens (primary N) is 1. The van der Waals surface area contributed by atoms with E-state index in [4.69, 9.17) is 5.73 Å². The molecule has 0 fully saturated rings. The number of halogens is 2. The SMILES string of the molecule is CCC(N)C(c1ccccc1F)n1cc(Br)cn1. The van der Waals surface area contributed by atoms with Crippen molar-refractivity contribution in [2.24, 2.45) is 5.73 Å². The average Bonchev–Trinajstić information content (AvgIpc) is 2.78. The maximum absolute atomic E-state index is 13.9. The van der Waals surface area contributed by atoms with Crippen LogP contribution in [-0.2, 0) is 0 Å². The van der Waals surface area contributed by atoms with Gasteiger partial charge >= 0.3 is 0 Å². The van der Waals surface area contributed by atoms with Crippen molar-refractivity contribution in [2.45, 2.75) is 25.4 Å². The lowest BCUT2D eigenvalue weighted by atomic mass is 9.98. The Kier molecular flexibility index (Phi) is 4.14. The van der Waals surface area contributed by atoms with Crippen LogP contribution in [0, 0.1) is 5.82 Å². The van der Waals surface area contributed by atoms with Crippen LogP contribution in [-0.4, -0.2) is 15.8 Å². The summed E-state index contributed by atoms with van der Waals surface area (Å²) in [6.45, 7) is 1.98. The average molecular weight is 312 g/mol. The minimum Gasteiger partial charge on any atom is -0.326 e. The Hall–Kier alpha value is -1.20. The summed E-state index contributed by atoms with van der Waals surface area (Å²) in [7, 11) is 0. The maximum atomic E-state index is 13.9. The van der Waals surface area contributed by atoms with Crippen LogP contribution >= 0.6 is 15.9 Å². The van der Waals surface area contributed by atoms with Crippen LogP contribution in [0.5, 0.6) is 0 Å². The first-order chi connectivity index (χ1) is 8.63. The van der Waals surface area contributed by atoms with Gasteiger partial charge in [-0.2, -0.15) is 5.10 Å². The zero-order chi connectivity index (χ0) is 13.1. The van der Waals surface area contributed by atoms with E-state index in [1.54, 1.807) is 23.0 Å². The van der Waals surface area contributed by atoms with Crippen molar-refractivity contribution in [1.82, 2.24) is 9.78 Å². The highest BCUT2D eigenvalue weighted by Crippen LogP contribution is 2.25. The number of nitrogens with zero attached hydrogens (tertiary/aromatic N) is 2. The first kappa shape index (κ1) is 13.2.